The molecule has 2 aromatic carbocycles. The molecular weight excluding hydrogens is 563 g/mol. The van der Waals surface area contributed by atoms with Gasteiger partial charge in [0.25, 0.3) is 0 Å². The third-order valence-corrected chi connectivity index (χ3v) is 7.68. The highest BCUT2D eigenvalue weighted by Crippen LogP contribution is 2.40. The number of carboxylic acids is 1. The van der Waals surface area contributed by atoms with Crippen molar-refractivity contribution < 1.29 is 38.1 Å². The van der Waals surface area contributed by atoms with E-state index in [1.165, 1.54) is 63.0 Å². The summed E-state index contributed by atoms with van der Waals surface area (Å²) in [4.78, 5) is 37.8. The van der Waals surface area contributed by atoms with Crippen molar-refractivity contribution in [2.45, 2.75) is 96.2 Å². The second-order valence-electron chi connectivity index (χ2n) is 11.4. The highest BCUT2D eigenvalue weighted by atomic mass is 19.1. The summed E-state index contributed by atoms with van der Waals surface area (Å²) in [5.41, 5.74) is -3.39. The Hall–Kier alpha value is -3.94. The summed E-state index contributed by atoms with van der Waals surface area (Å²) in [6.07, 6.45) is 14.6. The van der Waals surface area contributed by atoms with Gasteiger partial charge >= 0.3 is 11.9 Å². The Kier molecular flexibility index (Phi) is 13.2. The normalized spacial score (nSPS) is 18.8. The van der Waals surface area contributed by atoms with E-state index in [4.69, 9.17) is 14.2 Å². The number of hydrogen-bond acceptors (Lipinski definition) is 7. The number of rotatable bonds is 18. The first-order valence-corrected chi connectivity index (χ1v) is 15.7. The molecule has 2 aromatic rings. The fraction of sp³-hybridized carbons (Fsp3) is 0.472. The number of benzene rings is 2. The summed E-state index contributed by atoms with van der Waals surface area (Å²) in [5.74, 6) is -3.52. The summed E-state index contributed by atoms with van der Waals surface area (Å²) in [6, 6.07) is 12.9. The zero-order chi connectivity index (χ0) is 32.0. The average Bonchev–Trinajstić information content (AvgIpc) is 3.01. The molecule has 238 valence electrons. The van der Waals surface area contributed by atoms with Crippen LogP contribution < -0.4 is 14.6 Å². The van der Waals surface area contributed by atoms with Gasteiger partial charge in [-0.2, -0.15) is 0 Å². The highest BCUT2D eigenvalue weighted by Gasteiger charge is 2.40. The Labute approximate surface area is 260 Å². The van der Waals surface area contributed by atoms with Crippen LogP contribution in [0.1, 0.15) is 101 Å². The summed E-state index contributed by atoms with van der Waals surface area (Å²) < 4.78 is 32.6. The average molecular weight is 608 g/mol. The van der Waals surface area contributed by atoms with Crippen LogP contribution in [0.3, 0.4) is 0 Å². The van der Waals surface area contributed by atoms with Gasteiger partial charge in [-0.05, 0) is 68.7 Å². The van der Waals surface area contributed by atoms with E-state index < -0.39 is 35.1 Å². The molecule has 44 heavy (non-hydrogen) atoms. The fourth-order valence-electron chi connectivity index (χ4n) is 4.94. The summed E-state index contributed by atoms with van der Waals surface area (Å²) in [6.45, 7) is 5.95. The van der Waals surface area contributed by atoms with Gasteiger partial charge in [-0.15, -0.1) is 0 Å². The molecule has 0 aromatic heterocycles. The molecule has 3 rings (SSSR count). The molecule has 0 aliphatic heterocycles. The summed E-state index contributed by atoms with van der Waals surface area (Å²) in [5, 5.41) is 11.5. The molecule has 0 N–H and O–H groups in total. The number of alkyl halides is 1. The van der Waals surface area contributed by atoms with Crippen LogP contribution in [0.2, 0.25) is 0 Å². The molecule has 0 radical (unpaired) electrons. The van der Waals surface area contributed by atoms with Crippen LogP contribution in [0, 0.1) is 5.92 Å². The van der Waals surface area contributed by atoms with Crippen molar-refractivity contribution in [3.63, 3.8) is 0 Å². The van der Waals surface area contributed by atoms with Gasteiger partial charge in [0, 0.05) is 11.5 Å². The fourth-order valence-corrected chi connectivity index (χ4v) is 4.94. The van der Waals surface area contributed by atoms with E-state index >= 15 is 4.39 Å². The van der Waals surface area contributed by atoms with Crippen molar-refractivity contribution in [3.05, 3.63) is 84.0 Å². The minimum absolute atomic E-state index is 0.00767. The third-order valence-electron chi connectivity index (χ3n) is 7.68. The van der Waals surface area contributed by atoms with Gasteiger partial charge < -0.3 is 24.1 Å². The second-order valence-corrected chi connectivity index (χ2v) is 11.4. The lowest BCUT2D eigenvalue weighted by molar-refractivity contribution is -0.308. The predicted octanol–water partition coefficient (Wildman–Crippen LogP) is 7.18. The SMILES string of the molecule is CCCCCCCCOc1ccc(C(=O)OC2(c3ccccc3OC(=O)C(C)(F)CCCCC)C=CC(C(=O)[O-])C=C2)cc1. The number of carbonyl (C=O) groups is 3. The number of hydrogen-bond donors (Lipinski definition) is 0. The van der Waals surface area contributed by atoms with Crippen LogP contribution in [0.15, 0.2) is 72.8 Å². The Bertz CT molecular complexity index is 1280. The van der Waals surface area contributed by atoms with Crippen molar-refractivity contribution in [3.8, 4) is 11.5 Å². The molecule has 0 saturated heterocycles. The minimum atomic E-state index is -2.22. The number of halogens is 1. The van der Waals surface area contributed by atoms with Crippen molar-refractivity contribution in [1.82, 2.24) is 0 Å². The first-order valence-electron chi connectivity index (χ1n) is 15.7. The molecule has 0 amide bonds. The minimum Gasteiger partial charge on any atom is -0.549 e. The molecule has 0 bridgehead atoms. The molecule has 0 fully saturated rings. The number of esters is 2. The molecule has 0 heterocycles. The maximum absolute atomic E-state index is 15.3. The topological polar surface area (TPSA) is 102 Å². The van der Waals surface area contributed by atoms with Crippen molar-refractivity contribution in [1.29, 1.82) is 0 Å². The smallest absolute Gasteiger partial charge is 0.348 e. The lowest BCUT2D eigenvalue weighted by Gasteiger charge is -2.33. The molecular formula is C36H44FO7-. The Morgan fingerprint density at radius 1 is 0.864 bits per heavy atom. The van der Waals surface area contributed by atoms with Gasteiger partial charge in [0.05, 0.1) is 18.1 Å². The van der Waals surface area contributed by atoms with Gasteiger partial charge in [0.15, 0.2) is 5.60 Å². The van der Waals surface area contributed by atoms with Gasteiger partial charge in [-0.3, -0.25) is 0 Å². The second kappa shape index (κ2) is 16.8. The monoisotopic (exact) mass is 607 g/mol. The summed E-state index contributed by atoms with van der Waals surface area (Å²) >= 11 is 0. The zero-order valence-electron chi connectivity index (χ0n) is 26.0. The predicted molar refractivity (Wildman–Crippen MR) is 165 cm³/mol. The molecule has 1 atom stereocenters. The lowest BCUT2D eigenvalue weighted by Crippen LogP contribution is -2.37. The molecule has 7 nitrogen and oxygen atoms in total. The number of carboxylic acid groups (broad SMARTS) is 1. The van der Waals surface area contributed by atoms with Crippen LogP contribution in [0.4, 0.5) is 4.39 Å². The highest BCUT2D eigenvalue weighted by molar-refractivity contribution is 5.90. The van der Waals surface area contributed by atoms with Gasteiger partial charge in [-0.1, -0.05) is 89.1 Å². The zero-order valence-corrected chi connectivity index (χ0v) is 26.0. The van der Waals surface area contributed by atoms with Crippen molar-refractivity contribution in [2.75, 3.05) is 6.61 Å². The van der Waals surface area contributed by atoms with Gasteiger partial charge in [-0.25, -0.2) is 14.0 Å². The first-order chi connectivity index (χ1) is 21.1. The number of unbranched alkanes of at least 4 members (excludes halogenated alkanes) is 7. The summed E-state index contributed by atoms with van der Waals surface area (Å²) in [7, 11) is 0. The van der Waals surface area contributed by atoms with Crippen molar-refractivity contribution in [2.24, 2.45) is 5.92 Å². The number of aliphatic carboxylic acids is 1. The first kappa shape index (κ1) is 34.5. The standard InChI is InChI=1S/C36H45FO7/c1-4-6-8-9-10-14-26-42-29-19-17-28(18-20-29)33(40)44-36(24-21-27(22-25-36)32(38)39)30-15-11-12-16-31(30)43-34(41)35(3,37)23-13-7-5-2/h11-12,15-22,24-25,27H,4-10,13-14,23,26H2,1-3H3,(H,38,39)/p-1. The van der Waals surface area contributed by atoms with Crippen LogP contribution in [0.5, 0.6) is 11.5 Å². The number of ether oxygens (including phenoxy) is 3. The Morgan fingerprint density at radius 3 is 2.14 bits per heavy atom. The van der Waals surface area contributed by atoms with E-state index in [1.54, 1.807) is 42.5 Å². The Morgan fingerprint density at radius 2 is 1.48 bits per heavy atom. The third kappa shape index (κ3) is 9.79. The van der Waals surface area contributed by atoms with Crippen molar-refractivity contribution >= 4 is 17.9 Å². The lowest BCUT2D eigenvalue weighted by atomic mass is 9.85. The van der Waals surface area contributed by atoms with E-state index in [0.717, 1.165) is 25.7 Å². The van der Waals surface area contributed by atoms with E-state index in [9.17, 15) is 19.5 Å². The Balaban J connectivity index is 1.79. The molecule has 1 aliphatic carbocycles. The maximum atomic E-state index is 15.3. The van der Waals surface area contributed by atoms with Crippen LogP contribution >= 0.6 is 0 Å². The molecule has 0 spiro atoms. The maximum Gasteiger partial charge on any atom is 0.348 e. The molecule has 8 heteroatoms. The van der Waals surface area contributed by atoms with Crippen LogP contribution in [0.25, 0.3) is 0 Å². The molecule has 1 aliphatic rings. The van der Waals surface area contributed by atoms with Crippen LogP contribution in [-0.4, -0.2) is 30.2 Å². The number of para-hydroxylation sites is 1. The van der Waals surface area contributed by atoms with Gasteiger partial charge in [0.2, 0.25) is 5.67 Å². The van der Waals surface area contributed by atoms with Crippen LogP contribution in [-0.2, 0) is 19.9 Å². The van der Waals surface area contributed by atoms with E-state index in [1.807, 2.05) is 6.92 Å². The largest absolute Gasteiger partial charge is 0.549 e. The molecule has 0 saturated carbocycles. The quantitative estimate of drug-likeness (QED) is 0.0765. The van der Waals surface area contributed by atoms with E-state index in [0.29, 0.717) is 18.8 Å². The van der Waals surface area contributed by atoms with E-state index in [-0.39, 0.29) is 23.3 Å². The van der Waals surface area contributed by atoms with Gasteiger partial charge in [0.1, 0.15) is 11.5 Å². The van der Waals surface area contributed by atoms with E-state index in [2.05, 4.69) is 6.92 Å². The molecule has 1 unspecified atom stereocenters. The number of carbonyl (C=O) groups excluding carboxylic acids is 3.